The molecule has 0 spiro atoms. The largest absolute Gasteiger partial charge is 0.478 e. The van der Waals surface area contributed by atoms with Gasteiger partial charge < -0.3 is 15.2 Å². The number of hydrogen-bond donors (Lipinski definition) is 2. The van der Waals surface area contributed by atoms with E-state index in [1.807, 2.05) is 0 Å². The highest BCUT2D eigenvalue weighted by molar-refractivity contribution is 6.53. The molecule has 2 amide bonds. The van der Waals surface area contributed by atoms with Gasteiger partial charge in [0.25, 0.3) is 11.8 Å². The number of carbonyl (C=O) groups excluding carboxylic acids is 3. The molecular weight excluding hydrogens is 388 g/mol. The molecule has 28 heavy (non-hydrogen) atoms. The first-order valence-electron chi connectivity index (χ1n) is 7.91. The summed E-state index contributed by atoms with van der Waals surface area (Å²) in [5, 5.41) is 11.3. The van der Waals surface area contributed by atoms with Crippen molar-refractivity contribution in [1.29, 1.82) is 0 Å². The first-order valence-corrected chi connectivity index (χ1v) is 8.29. The number of amides is 2. The van der Waals surface area contributed by atoms with Gasteiger partial charge in [0.1, 0.15) is 10.7 Å². The predicted molar refractivity (Wildman–Crippen MR) is 100 cm³/mol. The number of hydrogen-bond acceptors (Lipinski definition) is 6. The van der Waals surface area contributed by atoms with Crippen molar-refractivity contribution in [3.63, 3.8) is 0 Å². The Morgan fingerprint density at radius 3 is 2.29 bits per heavy atom. The lowest BCUT2D eigenvalue weighted by atomic mass is 10.1. The number of imide groups is 1. The number of benzene rings is 2. The highest BCUT2D eigenvalue weighted by atomic mass is 35.5. The van der Waals surface area contributed by atoms with Crippen molar-refractivity contribution < 1.29 is 29.0 Å². The lowest BCUT2D eigenvalue weighted by Crippen LogP contribution is -2.33. The van der Waals surface area contributed by atoms with Crippen molar-refractivity contribution in [2.24, 2.45) is 0 Å². The topological polar surface area (TPSA) is 113 Å². The Morgan fingerprint density at radius 1 is 1.04 bits per heavy atom. The van der Waals surface area contributed by atoms with Crippen molar-refractivity contribution in [1.82, 2.24) is 0 Å². The Bertz CT molecular complexity index is 1030. The molecule has 0 radical (unpaired) electrons. The van der Waals surface area contributed by atoms with Crippen molar-refractivity contribution >= 4 is 46.7 Å². The molecule has 0 aromatic heterocycles. The number of para-hydroxylation sites is 1. The van der Waals surface area contributed by atoms with Gasteiger partial charge in [0.15, 0.2) is 0 Å². The van der Waals surface area contributed by atoms with Crippen LogP contribution >= 0.6 is 11.6 Å². The minimum atomic E-state index is -1.10. The van der Waals surface area contributed by atoms with E-state index in [-0.39, 0.29) is 27.5 Å². The van der Waals surface area contributed by atoms with Gasteiger partial charge in [-0.2, -0.15) is 0 Å². The quantitative estimate of drug-likeness (QED) is 0.585. The second-order valence-electron chi connectivity index (χ2n) is 5.65. The summed E-state index contributed by atoms with van der Waals surface area (Å²) >= 11 is 6.06. The molecule has 1 heterocycles. The summed E-state index contributed by atoms with van der Waals surface area (Å²) in [5.74, 6) is -3.36. The standard InChI is InChI=1S/C19H13ClN2O6/c1-28-19(27)12-4-2-3-5-13(12)22-16(23)14(20)15(17(22)24)21-11-8-6-10(7-9-11)18(25)26/h2-9,21H,1H3,(H,25,26). The van der Waals surface area contributed by atoms with Gasteiger partial charge in [0, 0.05) is 5.69 Å². The zero-order valence-corrected chi connectivity index (χ0v) is 15.2. The van der Waals surface area contributed by atoms with Crippen LogP contribution in [0.3, 0.4) is 0 Å². The second-order valence-corrected chi connectivity index (χ2v) is 6.03. The van der Waals surface area contributed by atoms with Crippen LogP contribution in [0, 0.1) is 0 Å². The molecule has 1 aliphatic rings. The minimum absolute atomic E-state index is 0.0308. The predicted octanol–water partition coefficient (Wildman–Crippen LogP) is 2.61. The molecule has 2 aromatic rings. The molecule has 2 aromatic carbocycles. The fourth-order valence-corrected chi connectivity index (χ4v) is 2.83. The van der Waals surface area contributed by atoms with Gasteiger partial charge in [-0.25, -0.2) is 14.5 Å². The zero-order chi connectivity index (χ0) is 20.4. The van der Waals surface area contributed by atoms with E-state index in [0.29, 0.717) is 5.69 Å². The number of anilines is 2. The summed E-state index contributed by atoms with van der Waals surface area (Å²) in [6.07, 6.45) is 0. The van der Waals surface area contributed by atoms with Gasteiger partial charge >= 0.3 is 11.9 Å². The van der Waals surface area contributed by atoms with E-state index in [0.717, 1.165) is 4.90 Å². The normalized spacial score (nSPS) is 13.7. The Labute approximate surface area is 164 Å². The fourth-order valence-electron chi connectivity index (χ4n) is 2.62. The van der Waals surface area contributed by atoms with Crippen LogP contribution in [0.25, 0.3) is 0 Å². The number of methoxy groups -OCH3 is 1. The molecule has 0 atom stereocenters. The number of nitrogens with zero attached hydrogens (tertiary/aromatic N) is 1. The van der Waals surface area contributed by atoms with Gasteiger partial charge in [-0.1, -0.05) is 23.7 Å². The molecule has 8 nitrogen and oxygen atoms in total. The van der Waals surface area contributed by atoms with E-state index in [2.05, 4.69) is 10.1 Å². The Morgan fingerprint density at radius 2 is 1.68 bits per heavy atom. The smallest absolute Gasteiger partial charge is 0.339 e. The van der Waals surface area contributed by atoms with Gasteiger partial charge in [-0.15, -0.1) is 0 Å². The lowest BCUT2D eigenvalue weighted by Gasteiger charge is -2.17. The number of rotatable bonds is 5. The van der Waals surface area contributed by atoms with E-state index in [9.17, 15) is 19.2 Å². The minimum Gasteiger partial charge on any atom is -0.478 e. The van der Waals surface area contributed by atoms with Gasteiger partial charge in [0.05, 0.1) is 23.9 Å². The average Bonchev–Trinajstić information content (AvgIpc) is 2.91. The molecule has 142 valence electrons. The van der Waals surface area contributed by atoms with Crippen LogP contribution in [0.1, 0.15) is 20.7 Å². The zero-order valence-electron chi connectivity index (χ0n) is 14.4. The van der Waals surface area contributed by atoms with Crippen LogP contribution in [0.5, 0.6) is 0 Å². The maximum atomic E-state index is 12.8. The highest BCUT2D eigenvalue weighted by Gasteiger charge is 2.40. The fraction of sp³-hybridized carbons (Fsp3) is 0.0526. The van der Waals surface area contributed by atoms with Crippen molar-refractivity contribution in [3.8, 4) is 0 Å². The van der Waals surface area contributed by atoms with E-state index in [1.165, 1.54) is 43.5 Å². The van der Waals surface area contributed by atoms with Crippen molar-refractivity contribution in [3.05, 3.63) is 70.4 Å². The van der Waals surface area contributed by atoms with Crippen LogP contribution in [0.2, 0.25) is 0 Å². The molecule has 0 aliphatic carbocycles. The summed E-state index contributed by atoms with van der Waals surface area (Å²) in [7, 11) is 1.19. The average molecular weight is 401 g/mol. The number of carbonyl (C=O) groups is 4. The maximum Gasteiger partial charge on any atom is 0.339 e. The lowest BCUT2D eigenvalue weighted by molar-refractivity contribution is -0.120. The molecule has 1 aliphatic heterocycles. The third-order valence-corrected chi connectivity index (χ3v) is 4.33. The molecule has 3 rings (SSSR count). The van der Waals surface area contributed by atoms with Gasteiger partial charge in [-0.3, -0.25) is 9.59 Å². The molecule has 0 fully saturated rings. The number of ether oxygens (including phenoxy) is 1. The van der Waals surface area contributed by atoms with E-state index in [1.54, 1.807) is 12.1 Å². The number of nitrogens with one attached hydrogen (secondary N) is 1. The number of aromatic carboxylic acids is 1. The van der Waals surface area contributed by atoms with Gasteiger partial charge in [-0.05, 0) is 36.4 Å². The first kappa shape index (κ1) is 19.1. The summed E-state index contributed by atoms with van der Waals surface area (Å²) in [5.41, 5.74) is 0.314. The van der Waals surface area contributed by atoms with Crippen LogP contribution in [0.15, 0.2) is 59.3 Å². The van der Waals surface area contributed by atoms with E-state index < -0.39 is 23.8 Å². The third-order valence-electron chi connectivity index (χ3n) is 3.98. The molecular formula is C19H13ClN2O6. The molecule has 9 heteroatoms. The molecule has 0 saturated carbocycles. The van der Waals surface area contributed by atoms with Gasteiger partial charge in [0.2, 0.25) is 0 Å². The third kappa shape index (κ3) is 3.33. The highest BCUT2D eigenvalue weighted by Crippen LogP contribution is 2.32. The Balaban J connectivity index is 1.93. The van der Waals surface area contributed by atoms with Crippen molar-refractivity contribution in [2.75, 3.05) is 17.3 Å². The van der Waals surface area contributed by atoms with E-state index in [4.69, 9.17) is 16.7 Å². The molecule has 0 bridgehead atoms. The second kappa shape index (κ2) is 7.53. The molecule has 0 saturated heterocycles. The Hall–Kier alpha value is -3.65. The number of esters is 1. The number of halogens is 1. The summed E-state index contributed by atoms with van der Waals surface area (Å²) < 4.78 is 4.69. The SMILES string of the molecule is COC(=O)c1ccccc1N1C(=O)C(Cl)=C(Nc2ccc(C(=O)O)cc2)C1=O. The van der Waals surface area contributed by atoms with Crippen LogP contribution in [-0.2, 0) is 14.3 Å². The molecule has 0 unspecified atom stereocenters. The summed E-state index contributed by atoms with van der Waals surface area (Å²) in [4.78, 5) is 49.1. The number of carboxylic acid groups (broad SMARTS) is 1. The Kier molecular flexibility index (Phi) is 5.14. The first-order chi connectivity index (χ1) is 13.3. The van der Waals surface area contributed by atoms with Crippen molar-refractivity contribution in [2.45, 2.75) is 0 Å². The molecule has 2 N–H and O–H groups in total. The summed E-state index contributed by atoms with van der Waals surface area (Å²) in [6, 6.07) is 11.5. The summed E-state index contributed by atoms with van der Waals surface area (Å²) in [6.45, 7) is 0. The van der Waals surface area contributed by atoms with Crippen LogP contribution in [-0.4, -0.2) is 36.0 Å². The monoisotopic (exact) mass is 400 g/mol. The van der Waals surface area contributed by atoms with Crippen LogP contribution in [0.4, 0.5) is 11.4 Å². The van der Waals surface area contributed by atoms with E-state index >= 15 is 0 Å². The van der Waals surface area contributed by atoms with Crippen LogP contribution < -0.4 is 10.2 Å². The number of carboxylic acids is 1. The maximum absolute atomic E-state index is 12.8.